The Hall–Kier alpha value is -0.520. The Labute approximate surface area is 241 Å². The maximum atomic E-state index is 11.2. The van der Waals surface area contributed by atoms with Crippen LogP contribution in [0.4, 0.5) is 0 Å². The minimum atomic E-state index is -1.45. The SMILES string of the molecule is C.C.C.C.C.CCCC[C@@H]1CC(N)[C@@H](O[C@H]2OC([C@@H](C)O)[C@@H](O)[C@H](O)C2N)[C@H](O[C@@H]2O[C@H](CN)[C@H](O)C2O)C1O. The van der Waals surface area contributed by atoms with E-state index in [0.717, 1.165) is 12.8 Å². The number of rotatable bonds is 9. The van der Waals surface area contributed by atoms with E-state index in [1.807, 2.05) is 6.92 Å². The van der Waals surface area contributed by atoms with Crippen molar-refractivity contribution in [3.63, 3.8) is 0 Å². The lowest BCUT2D eigenvalue weighted by molar-refractivity contribution is -0.317. The second-order valence-corrected chi connectivity index (χ2v) is 10.0. The highest BCUT2D eigenvalue weighted by molar-refractivity contribution is 5.00. The second-order valence-electron chi connectivity index (χ2n) is 10.0. The number of nitrogens with two attached hydrogens (primary N) is 3. The largest absolute Gasteiger partial charge is 0.391 e. The van der Waals surface area contributed by atoms with E-state index in [1.165, 1.54) is 6.92 Å². The first-order valence-electron chi connectivity index (χ1n) is 12.4. The molecule has 5 unspecified atom stereocenters. The molecular weight excluding hydrogens is 526 g/mol. The fourth-order valence-corrected chi connectivity index (χ4v) is 5.18. The Bertz CT molecular complexity index is 666. The highest BCUT2D eigenvalue weighted by atomic mass is 16.7. The lowest BCUT2D eigenvalue weighted by Gasteiger charge is -2.48. The molecule has 0 amide bonds. The number of ether oxygens (including phenoxy) is 4. The molecule has 0 spiro atoms. The van der Waals surface area contributed by atoms with Gasteiger partial charge in [-0.15, -0.1) is 0 Å². The van der Waals surface area contributed by atoms with Crippen LogP contribution in [0.3, 0.4) is 0 Å². The molecule has 2 saturated heterocycles. The summed E-state index contributed by atoms with van der Waals surface area (Å²) in [6.45, 7) is 3.38. The molecule has 1 aliphatic carbocycles. The number of unbranched alkanes of at least 4 members (excludes halogenated alkanes) is 1. The molecule has 3 fully saturated rings. The van der Waals surface area contributed by atoms with E-state index >= 15 is 0 Å². The average Bonchev–Trinajstić information content (AvgIpc) is 3.09. The van der Waals surface area contributed by atoms with Crippen LogP contribution in [0.1, 0.15) is 76.7 Å². The van der Waals surface area contributed by atoms with E-state index in [2.05, 4.69) is 0 Å². The minimum absolute atomic E-state index is 0. The Kier molecular flexibility index (Phi) is 20.8. The van der Waals surface area contributed by atoms with Crippen molar-refractivity contribution in [2.24, 2.45) is 23.1 Å². The van der Waals surface area contributed by atoms with E-state index in [0.29, 0.717) is 12.8 Å². The lowest BCUT2D eigenvalue weighted by atomic mass is 9.77. The number of aliphatic hydroxyl groups excluding tert-OH is 6. The van der Waals surface area contributed by atoms with Gasteiger partial charge >= 0.3 is 0 Å². The first kappa shape index (κ1) is 43.9. The molecule has 13 nitrogen and oxygen atoms in total. The van der Waals surface area contributed by atoms with Gasteiger partial charge in [0, 0.05) is 12.6 Å². The molecule has 246 valence electrons. The molecule has 12 N–H and O–H groups in total. The Balaban J connectivity index is -0.00000274. The van der Waals surface area contributed by atoms with Gasteiger partial charge < -0.3 is 66.8 Å². The zero-order valence-corrected chi connectivity index (χ0v) is 20.2. The second kappa shape index (κ2) is 18.9. The van der Waals surface area contributed by atoms with Crippen molar-refractivity contribution >= 4 is 0 Å². The average molecular weight is 590 g/mol. The molecular formula is C27H63N3O10. The third-order valence-corrected chi connectivity index (χ3v) is 7.36. The van der Waals surface area contributed by atoms with E-state index in [9.17, 15) is 30.6 Å². The van der Waals surface area contributed by atoms with Crippen molar-refractivity contribution in [3.05, 3.63) is 0 Å². The first-order chi connectivity index (χ1) is 16.5. The van der Waals surface area contributed by atoms with Crippen LogP contribution in [0.2, 0.25) is 0 Å². The summed E-state index contributed by atoms with van der Waals surface area (Å²) in [6.07, 6.45) is -11.6. The molecule has 0 aromatic heterocycles. The van der Waals surface area contributed by atoms with Gasteiger partial charge in [0.1, 0.15) is 48.8 Å². The summed E-state index contributed by atoms with van der Waals surface area (Å²) in [7, 11) is 0. The summed E-state index contributed by atoms with van der Waals surface area (Å²) in [5.41, 5.74) is 18.1. The molecule has 0 bridgehead atoms. The molecule has 2 aliphatic heterocycles. The van der Waals surface area contributed by atoms with Crippen molar-refractivity contribution in [3.8, 4) is 0 Å². The molecule has 1 saturated carbocycles. The van der Waals surface area contributed by atoms with Crippen molar-refractivity contribution in [2.45, 2.75) is 162 Å². The summed E-state index contributed by atoms with van der Waals surface area (Å²) >= 11 is 0. The Morgan fingerprint density at radius 1 is 0.800 bits per heavy atom. The van der Waals surface area contributed by atoms with Crippen LogP contribution in [0.5, 0.6) is 0 Å². The van der Waals surface area contributed by atoms with Gasteiger partial charge in [-0.1, -0.05) is 56.9 Å². The van der Waals surface area contributed by atoms with Gasteiger partial charge in [-0.05, 0) is 25.7 Å². The van der Waals surface area contributed by atoms with Crippen molar-refractivity contribution in [1.29, 1.82) is 0 Å². The Morgan fingerprint density at radius 2 is 1.38 bits per heavy atom. The fourth-order valence-electron chi connectivity index (χ4n) is 5.18. The number of hydrogen-bond acceptors (Lipinski definition) is 13. The highest BCUT2D eigenvalue weighted by Gasteiger charge is 2.52. The molecule has 40 heavy (non-hydrogen) atoms. The standard InChI is InChI=1S/C22H43N3O10.5CH4/c1-3-4-5-9-6-10(24)19(34-21-12(25)15(29)16(30)18(33-21)8(2)26)20(13(9)27)35-22-17(31)14(28)11(7-23)32-22;;;;;/h8-22,26-31H,3-7,23-25H2,1-2H3;5*1H4/t8-,9-,10?,11-,12?,13?,14+,15-,16+,17?,18?,19-,20-,21-,22+;;;;;/m1...../s1. The normalized spacial score (nSPS) is 43.6. The molecule has 3 aliphatic rings. The van der Waals surface area contributed by atoms with Crippen LogP contribution < -0.4 is 17.2 Å². The van der Waals surface area contributed by atoms with Gasteiger partial charge in [-0.25, -0.2) is 0 Å². The fraction of sp³-hybridized carbons (Fsp3) is 1.00. The van der Waals surface area contributed by atoms with Crippen molar-refractivity contribution in [2.75, 3.05) is 6.54 Å². The van der Waals surface area contributed by atoms with E-state index < -0.39 is 85.7 Å². The third kappa shape index (κ3) is 9.24. The molecule has 2 heterocycles. The van der Waals surface area contributed by atoms with E-state index in [4.69, 9.17) is 36.1 Å². The van der Waals surface area contributed by atoms with E-state index in [1.54, 1.807) is 0 Å². The summed E-state index contributed by atoms with van der Waals surface area (Å²) in [5, 5.41) is 62.4. The van der Waals surface area contributed by atoms with Crippen LogP contribution in [-0.4, -0.2) is 123 Å². The van der Waals surface area contributed by atoms with Crippen LogP contribution in [0.25, 0.3) is 0 Å². The van der Waals surface area contributed by atoms with Gasteiger partial charge in [0.25, 0.3) is 0 Å². The number of hydrogen-bond donors (Lipinski definition) is 9. The molecule has 0 aromatic rings. The van der Waals surface area contributed by atoms with Crippen molar-refractivity contribution < 1.29 is 49.6 Å². The van der Waals surface area contributed by atoms with Crippen LogP contribution in [-0.2, 0) is 18.9 Å². The summed E-state index contributed by atoms with van der Waals surface area (Å²) in [6, 6.07) is -1.83. The Morgan fingerprint density at radius 3 is 1.88 bits per heavy atom. The van der Waals surface area contributed by atoms with Gasteiger partial charge in [0.2, 0.25) is 0 Å². The zero-order valence-electron chi connectivity index (χ0n) is 20.2. The monoisotopic (exact) mass is 589 g/mol. The zero-order chi connectivity index (χ0) is 26.0. The van der Waals surface area contributed by atoms with Gasteiger partial charge in [-0.3, -0.25) is 0 Å². The molecule has 3 rings (SSSR count). The summed E-state index contributed by atoms with van der Waals surface area (Å²) < 4.78 is 23.3. The predicted octanol–water partition coefficient (Wildman–Crippen LogP) is -0.604. The first-order valence-corrected chi connectivity index (χ1v) is 12.4. The van der Waals surface area contributed by atoms with Crippen LogP contribution >= 0.6 is 0 Å². The smallest absolute Gasteiger partial charge is 0.187 e. The maximum absolute atomic E-state index is 11.2. The molecule has 15 atom stereocenters. The summed E-state index contributed by atoms with van der Waals surface area (Å²) in [4.78, 5) is 0. The summed E-state index contributed by atoms with van der Waals surface area (Å²) in [5.74, 6) is -0.220. The quantitative estimate of drug-likeness (QED) is 0.163. The number of aliphatic hydroxyl groups is 6. The molecule has 0 aromatic carbocycles. The van der Waals surface area contributed by atoms with E-state index in [-0.39, 0.29) is 49.6 Å². The van der Waals surface area contributed by atoms with Gasteiger partial charge in [0.05, 0.1) is 18.2 Å². The third-order valence-electron chi connectivity index (χ3n) is 7.36. The molecule has 0 radical (unpaired) electrons. The van der Waals surface area contributed by atoms with Crippen molar-refractivity contribution in [1.82, 2.24) is 0 Å². The predicted molar refractivity (Wildman–Crippen MR) is 155 cm³/mol. The minimum Gasteiger partial charge on any atom is -0.391 e. The topological polar surface area (TPSA) is 236 Å². The van der Waals surface area contributed by atoms with Crippen LogP contribution in [0, 0.1) is 5.92 Å². The van der Waals surface area contributed by atoms with Gasteiger partial charge in [-0.2, -0.15) is 0 Å². The highest BCUT2D eigenvalue weighted by Crippen LogP contribution is 2.36. The van der Waals surface area contributed by atoms with Gasteiger partial charge in [0.15, 0.2) is 12.6 Å². The van der Waals surface area contributed by atoms with Crippen LogP contribution in [0.15, 0.2) is 0 Å². The lowest BCUT2D eigenvalue weighted by Crippen LogP contribution is -2.67. The molecule has 13 heteroatoms. The maximum Gasteiger partial charge on any atom is 0.187 e.